The summed E-state index contributed by atoms with van der Waals surface area (Å²) in [5.41, 5.74) is 2.54. The molecule has 41 heavy (non-hydrogen) atoms. The Balaban J connectivity index is 2.05. The Bertz CT molecular complexity index is 1480. The zero-order chi connectivity index (χ0) is 30.3. The number of halogens is 1. The van der Waals surface area contributed by atoms with Crippen LogP contribution in [0, 0.1) is 19.8 Å². The van der Waals surface area contributed by atoms with Gasteiger partial charge in [0.05, 0.1) is 17.7 Å². The van der Waals surface area contributed by atoms with Crippen LogP contribution in [0.5, 0.6) is 5.75 Å². The molecule has 1 atom stereocenters. The first-order valence-electron chi connectivity index (χ1n) is 13.4. The van der Waals surface area contributed by atoms with Crippen molar-refractivity contribution in [1.82, 2.24) is 10.2 Å². The van der Waals surface area contributed by atoms with Crippen molar-refractivity contribution in [3.05, 3.63) is 88.4 Å². The summed E-state index contributed by atoms with van der Waals surface area (Å²) in [7, 11) is -2.62. The SMILES string of the molecule is COc1cccc(CN(C(=O)CN(c2ccc(Cl)cc2C)S(=O)(=O)c2ccc(C)cc2)[C@H](C)C(=O)NCC(C)C)c1. The molecule has 0 aliphatic heterocycles. The first kappa shape index (κ1) is 32.0. The molecule has 0 aliphatic carbocycles. The fourth-order valence-electron chi connectivity index (χ4n) is 4.25. The largest absolute Gasteiger partial charge is 0.497 e. The van der Waals surface area contributed by atoms with Gasteiger partial charge in [-0.3, -0.25) is 13.9 Å². The van der Waals surface area contributed by atoms with Crippen molar-refractivity contribution in [2.75, 3.05) is 24.5 Å². The van der Waals surface area contributed by atoms with Crippen LogP contribution in [0.15, 0.2) is 71.6 Å². The summed E-state index contributed by atoms with van der Waals surface area (Å²) in [5.74, 6) is -0.0421. The number of carbonyl (C=O) groups excluding carboxylic acids is 2. The van der Waals surface area contributed by atoms with Gasteiger partial charge < -0.3 is 15.0 Å². The number of methoxy groups -OCH3 is 1. The Morgan fingerprint density at radius 3 is 2.27 bits per heavy atom. The highest BCUT2D eigenvalue weighted by molar-refractivity contribution is 7.92. The maximum absolute atomic E-state index is 14.1. The highest BCUT2D eigenvalue weighted by Gasteiger charge is 2.33. The van der Waals surface area contributed by atoms with Crippen LogP contribution in [-0.4, -0.2) is 51.4 Å². The third-order valence-electron chi connectivity index (χ3n) is 6.65. The second kappa shape index (κ2) is 13.9. The third-order valence-corrected chi connectivity index (χ3v) is 8.66. The number of sulfonamides is 1. The van der Waals surface area contributed by atoms with Gasteiger partial charge in [0.25, 0.3) is 10.0 Å². The lowest BCUT2D eigenvalue weighted by molar-refractivity contribution is -0.139. The van der Waals surface area contributed by atoms with Gasteiger partial charge in [-0.25, -0.2) is 8.42 Å². The van der Waals surface area contributed by atoms with Crippen molar-refractivity contribution >= 4 is 39.1 Å². The molecule has 3 aromatic rings. The van der Waals surface area contributed by atoms with Crippen molar-refractivity contribution in [3.63, 3.8) is 0 Å². The topological polar surface area (TPSA) is 96.0 Å². The lowest BCUT2D eigenvalue weighted by atomic mass is 10.1. The number of hydrogen-bond acceptors (Lipinski definition) is 5. The number of aryl methyl sites for hydroxylation is 2. The van der Waals surface area contributed by atoms with Crippen LogP contribution < -0.4 is 14.4 Å². The smallest absolute Gasteiger partial charge is 0.264 e. The first-order chi connectivity index (χ1) is 19.3. The van der Waals surface area contributed by atoms with Crippen LogP contribution in [-0.2, 0) is 26.2 Å². The van der Waals surface area contributed by atoms with E-state index in [0.29, 0.717) is 28.6 Å². The van der Waals surface area contributed by atoms with Gasteiger partial charge in [-0.05, 0) is 80.3 Å². The van der Waals surface area contributed by atoms with E-state index >= 15 is 0 Å². The summed E-state index contributed by atoms with van der Waals surface area (Å²) in [5, 5.41) is 3.33. The van der Waals surface area contributed by atoms with Crippen LogP contribution in [0.2, 0.25) is 5.02 Å². The number of benzene rings is 3. The molecule has 0 radical (unpaired) electrons. The Morgan fingerprint density at radius 2 is 1.66 bits per heavy atom. The van der Waals surface area contributed by atoms with Gasteiger partial charge in [-0.15, -0.1) is 0 Å². The molecule has 0 aliphatic rings. The molecule has 0 fully saturated rings. The molecule has 0 spiro atoms. The maximum Gasteiger partial charge on any atom is 0.264 e. The van der Waals surface area contributed by atoms with Gasteiger partial charge in [0, 0.05) is 18.1 Å². The number of nitrogens with zero attached hydrogens (tertiary/aromatic N) is 2. The summed E-state index contributed by atoms with van der Waals surface area (Å²) >= 11 is 6.17. The standard InChI is InChI=1S/C31H38ClN3O5S/c1-21(2)18-33-31(37)24(5)34(19-25-8-7-9-27(17-25)40-6)30(36)20-35(29-15-12-26(32)16-23(29)4)41(38,39)28-13-10-22(3)11-14-28/h7-17,21,24H,18-20H2,1-6H3,(H,33,37)/t24-/m1/s1. The number of carbonyl (C=O) groups is 2. The molecule has 0 heterocycles. The van der Waals surface area contributed by atoms with Gasteiger partial charge in [0.15, 0.2) is 0 Å². The van der Waals surface area contributed by atoms with Gasteiger partial charge >= 0.3 is 0 Å². The number of rotatable bonds is 12. The lowest BCUT2D eigenvalue weighted by Gasteiger charge is -2.32. The molecule has 0 bridgehead atoms. The molecule has 3 aromatic carbocycles. The molecule has 1 N–H and O–H groups in total. The van der Waals surface area contributed by atoms with Crippen LogP contribution in [0.25, 0.3) is 0 Å². The fraction of sp³-hybridized carbons (Fsp3) is 0.355. The number of hydrogen-bond donors (Lipinski definition) is 1. The van der Waals surface area contributed by atoms with E-state index in [1.807, 2.05) is 26.8 Å². The van der Waals surface area contributed by atoms with Crippen molar-refractivity contribution in [2.45, 2.75) is 52.1 Å². The molecule has 0 unspecified atom stereocenters. The maximum atomic E-state index is 14.1. The third kappa shape index (κ3) is 8.24. The Morgan fingerprint density at radius 1 is 0.976 bits per heavy atom. The molecule has 220 valence electrons. The summed E-state index contributed by atoms with van der Waals surface area (Å²) in [6, 6.07) is 17.6. The van der Waals surface area contributed by atoms with Crippen LogP contribution in [0.4, 0.5) is 5.69 Å². The Kier molecular flexibility index (Phi) is 10.8. The van der Waals surface area contributed by atoms with E-state index < -0.39 is 28.5 Å². The molecule has 8 nitrogen and oxygen atoms in total. The van der Waals surface area contributed by atoms with Crippen molar-refractivity contribution in [1.29, 1.82) is 0 Å². The first-order valence-corrected chi connectivity index (χ1v) is 15.2. The van der Waals surface area contributed by atoms with E-state index in [1.165, 1.54) is 17.0 Å². The number of amides is 2. The second-order valence-corrected chi connectivity index (χ2v) is 12.7. The van der Waals surface area contributed by atoms with Crippen molar-refractivity contribution in [3.8, 4) is 5.75 Å². The molecule has 0 aromatic heterocycles. The summed E-state index contributed by atoms with van der Waals surface area (Å²) in [6.07, 6.45) is 0. The summed E-state index contributed by atoms with van der Waals surface area (Å²) in [4.78, 5) is 28.6. The van der Waals surface area contributed by atoms with Crippen molar-refractivity contribution in [2.24, 2.45) is 5.92 Å². The average molecular weight is 600 g/mol. The fourth-order valence-corrected chi connectivity index (χ4v) is 5.96. The quantitative estimate of drug-likeness (QED) is 0.303. The predicted octanol–water partition coefficient (Wildman–Crippen LogP) is 5.35. The minimum absolute atomic E-state index is 0.0484. The van der Waals surface area contributed by atoms with Gasteiger partial charge in [0.1, 0.15) is 18.3 Å². The molecule has 3 rings (SSSR count). The highest BCUT2D eigenvalue weighted by Crippen LogP contribution is 2.29. The van der Waals surface area contributed by atoms with E-state index in [0.717, 1.165) is 15.4 Å². The van der Waals surface area contributed by atoms with Gasteiger partial charge in [0.2, 0.25) is 11.8 Å². The van der Waals surface area contributed by atoms with Gasteiger partial charge in [-0.1, -0.05) is 55.3 Å². The average Bonchev–Trinajstić information content (AvgIpc) is 2.93. The minimum Gasteiger partial charge on any atom is -0.497 e. The van der Waals surface area contributed by atoms with Gasteiger partial charge in [-0.2, -0.15) is 0 Å². The molecule has 0 saturated carbocycles. The number of ether oxygens (including phenoxy) is 1. The monoisotopic (exact) mass is 599 g/mol. The second-order valence-electron chi connectivity index (χ2n) is 10.4. The minimum atomic E-state index is -4.16. The van der Waals surface area contributed by atoms with E-state index in [9.17, 15) is 18.0 Å². The van der Waals surface area contributed by atoms with Crippen molar-refractivity contribution < 1.29 is 22.7 Å². The number of anilines is 1. The molecule has 10 heteroatoms. The Labute approximate surface area is 248 Å². The van der Waals surface area contributed by atoms with E-state index in [1.54, 1.807) is 69.5 Å². The van der Waals surface area contributed by atoms with E-state index in [-0.39, 0.29) is 23.3 Å². The van der Waals surface area contributed by atoms with Crippen LogP contribution in [0.3, 0.4) is 0 Å². The number of nitrogens with one attached hydrogen (secondary N) is 1. The predicted molar refractivity (Wildman–Crippen MR) is 163 cm³/mol. The van der Waals surface area contributed by atoms with Crippen LogP contribution in [0.1, 0.15) is 37.5 Å². The summed E-state index contributed by atoms with van der Waals surface area (Å²) < 4.78 is 34.4. The molecule has 0 saturated heterocycles. The van der Waals surface area contributed by atoms with E-state index in [2.05, 4.69) is 5.32 Å². The summed E-state index contributed by atoms with van der Waals surface area (Å²) in [6.45, 7) is 9.19. The molecule has 2 amide bonds. The zero-order valence-electron chi connectivity index (χ0n) is 24.3. The van der Waals surface area contributed by atoms with Crippen LogP contribution >= 0.6 is 11.6 Å². The Hall–Kier alpha value is -3.56. The normalized spacial score (nSPS) is 12.1. The molecular formula is C31H38ClN3O5S. The molecular weight excluding hydrogens is 562 g/mol. The highest BCUT2D eigenvalue weighted by atomic mass is 35.5. The van der Waals surface area contributed by atoms with E-state index in [4.69, 9.17) is 16.3 Å². The zero-order valence-corrected chi connectivity index (χ0v) is 25.9. The lowest BCUT2D eigenvalue weighted by Crippen LogP contribution is -2.51.